The van der Waals surface area contributed by atoms with Gasteiger partial charge < -0.3 is 15.1 Å². The van der Waals surface area contributed by atoms with Crippen LogP contribution in [-0.2, 0) is 0 Å². The lowest BCUT2D eigenvalue weighted by molar-refractivity contribution is 0.0740. The lowest BCUT2D eigenvalue weighted by Crippen LogP contribution is -2.49. The number of anilines is 3. The number of amides is 1. The van der Waals surface area contributed by atoms with Crippen molar-refractivity contribution in [1.29, 1.82) is 0 Å². The number of carbonyl (C=O) groups is 1. The van der Waals surface area contributed by atoms with Crippen molar-refractivity contribution in [3.05, 3.63) is 66.4 Å². The molecule has 1 aliphatic heterocycles. The van der Waals surface area contributed by atoms with E-state index in [0.29, 0.717) is 37.7 Å². The van der Waals surface area contributed by atoms with Crippen LogP contribution in [0.4, 0.5) is 17.5 Å². The number of nitrogens with zero attached hydrogens (tertiary/aromatic N) is 6. The molecule has 1 N–H and O–H groups in total. The van der Waals surface area contributed by atoms with Crippen LogP contribution in [-0.4, -0.2) is 56.9 Å². The van der Waals surface area contributed by atoms with Gasteiger partial charge >= 0.3 is 0 Å². The van der Waals surface area contributed by atoms with Crippen LogP contribution in [0.2, 0.25) is 0 Å². The third-order valence-electron chi connectivity index (χ3n) is 4.60. The first-order valence-corrected chi connectivity index (χ1v) is 9.16. The average molecular weight is 375 g/mol. The minimum atomic E-state index is -0.0317. The SMILES string of the molecule is Cc1ccnc(Nc2cc(N3CCN(C(=O)c4ccccn4)CC3)ncn2)c1. The highest BCUT2D eigenvalue weighted by atomic mass is 16.2. The van der Waals surface area contributed by atoms with Crippen LogP contribution in [0.5, 0.6) is 0 Å². The molecule has 0 saturated carbocycles. The third-order valence-corrected chi connectivity index (χ3v) is 4.60. The summed E-state index contributed by atoms with van der Waals surface area (Å²) in [6.07, 6.45) is 4.94. The fourth-order valence-electron chi connectivity index (χ4n) is 3.11. The molecule has 3 aromatic rings. The first-order chi connectivity index (χ1) is 13.7. The van der Waals surface area contributed by atoms with E-state index in [1.165, 1.54) is 0 Å². The molecule has 142 valence electrons. The molecule has 0 bridgehead atoms. The number of pyridine rings is 2. The first-order valence-electron chi connectivity index (χ1n) is 9.16. The predicted molar refractivity (Wildman–Crippen MR) is 107 cm³/mol. The Balaban J connectivity index is 1.40. The summed E-state index contributed by atoms with van der Waals surface area (Å²) in [4.78, 5) is 33.6. The molecular weight excluding hydrogens is 354 g/mol. The molecule has 0 atom stereocenters. The van der Waals surface area contributed by atoms with Crippen molar-refractivity contribution in [1.82, 2.24) is 24.8 Å². The molecule has 8 heteroatoms. The summed E-state index contributed by atoms with van der Waals surface area (Å²) in [5.41, 5.74) is 1.61. The van der Waals surface area contributed by atoms with Gasteiger partial charge in [0.25, 0.3) is 5.91 Å². The quantitative estimate of drug-likeness (QED) is 0.748. The molecule has 1 aliphatic rings. The fraction of sp³-hybridized carbons (Fsp3) is 0.250. The Labute approximate surface area is 163 Å². The molecule has 8 nitrogen and oxygen atoms in total. The molecule has 1 amide bonds. The van der Waals surface area contributed by atoms with E-state index in [1.54, 1.807) is 24.8 Å². The summed E-state index contributed by atoms with van der Waals surface area (Å²) in [7, 11) is 0. The van der Waals surface area contributed by atoms with Crippen molar-refractivity contribution < 1.29 is 4.79 Å². The summed E-state index contributed by atoms with van der Waals surface area (Å²) in [6.45, 7) is 4.68. The number of aryl methyl sites for hydroxylation is 1. The molecule has 3 aromatic heterocycles. The number of hydrogen-bond acceptors (Lipinski definition) is 7. The third kappa shape index (κ3) is 4.06. The van der Waals surface area contributed by atoms with Crippen LogP contribution >= 0.6 is 0 Å². The van der Waals surface area contributed by atoms with Crippen molar-refractivity contribution in [2.24, 2.45) is 0 Å². The van der Waals surface area contributed by atoms with Gasteiger partial charge in [0.1, 0.15) is 29.5 Å². The van der Waals surface area contributed by atoms with E-state index in [2.05, 4.69) is 30.2 Å². The van der Waals surface area contributed by atoms with E-state index in [9.17, 15) is 4.79 Å². The molecule has 1 fully saturated rings. The van der Waals surface area contributed by atoms with Gasteiger partial charge in [-0.3, -0.25) is 9.78 Å². The summed E-state index contributed by atoms with van der Waals surface area (Å²) >= 11 is 0. The zero-order chi connectivity index (χ0) is 19.3. The van der Waals surface area contributed by atoms with E-state index in [-0.39, 0.29) is 5.91 Å². The maximum absolute atomic E-state index is 12.5. The molecule has 0 aliphatic carbocycles. The van der Waals surface area contributed by atoms with Gasteiger partial charge in [0.05, 0.1) is 0 Å². The van der Waals surface area contributed by atoms with E-state index < -0.39 is 0 Å². The monoisotopic (exact) mass is 375 g/mol. The maximum atomic E-state index is 12.5. The van der Waals surface area contributed by atoms with Gasteiger partial charge in [0.15, 0.2) is 0 Å². The Hall–Kier alpha value is -3.55. The highest BCUT2D eigenvalue weighted by molar-refractivity contribution is 5.92. The smallest absolute Gasteiger partial charge is 0.272 e. The van der Waals surface area contributed by atoms with Crippen LogP contribution in [0.15, 0.2) is 55.1 Å². The van der Waals surface area contributed by atoms with Crippen molar-refractivity contribution in [2.45, 2.75) is 6.92 Å². The van der Waals surface area contributed by atoms with Gasteiger partial charge in [-0.25, -0.2) is 15.0 Å². The first kappa shape index (κ1) is 17.8. The van der Waals surface area contributed by atoms with Crippen molar-refractivity contribution in [3.63, 3.8) is 0 Å². The van der Waals surface area contributed by atoms with E-state index in [1.807, 2.05) is 42.2 Å². The van der Waals surface area contributed by atoms with Crippen LogP contribution in [0.1, 0.15) is 16.1 Å². The van der Waals surface area contributed by atoms with Gasteiger partial charge in [-0.05, 0) is 36.8 Å². The molecule has 0 radical (unpaired) electrons. The van der Waals surface area contributed by atoms with Gasteiger partial charge in [0.2, 0.25) is 0 Å². The second kappa shape index (κ2) is 7.99. The number of carbonyl (C=O) groups excluding carboxylic acids is 1. The van der Waals surface area contributed by atoms with Gasteiger partial charge in [0, 0.05) is 44.6 Å². The number of piperazine rings is 1. The van der Waals surface area contributed by atoms with Crippen LogP contribution in [0.3, 0.4) is 0 Å². The van der Waals surface area contributed by atoms with E-state index in [4.69, 9.17) is 0 Å². The molecule has 0 aromatic carbocycles. The minimum absolute atomic E-state index is 0.0317. The molecule has 0 spiro atoms. The van der Waals surface area contributed by atoms with Crippen LogP contribution < -0.4 is 10.2 Å². The largest absolute Gasteiger partial charge is 0.353 e. The zero-order valence-electron chi connectivity index (χ0n) is 15.6. The summed E-state index contributed by atoms with van der Waals surface area (Å²) in [6, 6.07) is 11.2. The predicted octanol–water partition coefficient (Wildman–Crippen LogP) is 2.28. The number of hydrogen-bond donors (Lipinski definition) is 1. The summed E-state index contributed by atoms with van der Waals surface area (Å²) < 4.78 is 0. The standard InChI is InChI=1S/C20H21N7O/c1-15-5-7-22-17(12-15)25-18-13-19(24-14-23-18)26-8-10-27(11-9-26)20(28)16-4-2-3-6-21-16/h2-7,12-14H,8-11H2,1H3,(H,22,23,24,25). The minimum Gasteiger partial charge on any atom is -0.353 e. The summed E-state index contributed by atoms with van der Waals surface area (Å²) in [5.74, 6) is 2.23. The second-order valence-corrected chi connectivity index (χ2v) is 6.60. The highest BCUT2D eigenvalue weighted by Gasteiger charge is 2.23. The lowest BCUT2D eigenvalue weighted by atomic mass is 10.2. The molecule has 28 heavy (non-hydrogen) atoms. The van der Waals surface area contributed by atoms with Gasteiger partial charge in [-0.1, -0.05) is 6.07 Å². The normalized spacial score (nSPS) is 14.0. The van der Waals surface area contributed by atoms with Crippen molar-refractivity contribution >= 4 is 23.4 Å². The number of rotatable bonds is 4. The highest BCUT2D eigenvalue weighted by Crippen LogP contribution is 2.19. The second-order valence-electron chi connectivity index (χ2n) is 6.60. The topological polar surface area (TPSA) is 87.1 Å². The molecule has 4 heterocycles. The Morgan fingerprint density at radius 3 is 2.50 bits per heavy atom. The van der Waals surface area contributed by atoms with E-state index >= 15 is 0 Å². The number of nitrogens with one attached hydrogen (secondary N) is 1. The molecular formula is C20H21N7O. The Morgan fingerprint density at radius 1 is 0.929 bits per heavy atom. The molecule has 1 saturated heterocycles. The maximum Gasteiger partial charge on any atom is 0.272 e. The number of aromatic nitrogens is 4. The summed E-state index contributed by atoms with van der Waals surface area (Å²) in [5, 5.41) is 3.21. The van der Waals surface area contributed by atoms with Gasteiger partial charge in [-0.15, -0.1) is 0 Å². The zero-order valence-corrected chi connectivity index (χ0v) is 15.6. The van der Waals surface area contributed by atoms with E-state index in [0.717, 1.165) is 17.2 Å². The Bertz CT molecular complexity index is 956. The van der Waals surface area contributed by atoms with Crippen molar-refractivity contribution in [3.8, 4) is 0 Å². The fourth-order valence-corrected chi connectivity index (χ4v) is 3.11. The van der Waals surface area contributed by atoms with Crippen LogP contribution in [0, 0.1) is 6.92 Å². The Morgan fingerprint density at radius 2 is 1.75 bits per heavy atom. The lowest BCUT2D eigenvalue weighted by Gasteiger charge is -2.35. The van der Waals surface area contributed by atoms with Gasteiger partial charge in [-0.2, -0.15) is 0 Å². The molecule has 0 unspecified atom stereocenters. The van der Waals surface area contributed by atoms with Crippen molar-refractivity contribution in [2.75, 3.05) is 36.4 Å². The Kier molecular flexibility index (Phi) is 5.09. The average Bonchev–Trinajstić information content (AvgIpc) is 2.74. The van der Waals surface area contributed by atoms with Crippen LogP contribution in [0.25, 0.3) is 0 Å². The molecule has 4 rings (SSSR count).